The number of hydrogen-bond acceptors (Lipinski definition) is 5. The zero-order valence-corrected chi connectivity index (χ0v) is 10.7. The molecular formula is C11H18ClN5. The maximum atomic E-state index is 5.99. The maximum absolute atomic E-state index is 5.99. The molecule has 94 valence electrons. The van der Waals surface area contributed by atoms with Crippen molar-refractivity contribution in [2.75, 3.05) is 37.7 Å². The average molecular weight is 256 g/mol. The van der Waals surface area contributed by atoms with Gasteiger partial charge in [0.2, 0.25) is 5.95 Å². The SMILES string of the molecule is CN1CCCC(CNc2nc(N)ncc2Cl)C1. The van der Waals surface area contributed by atoms with Crippen LogP contribution in [-0.4, -0.2) is 41.5 Å². The Hall–Kier alpha value is -1.07. The van der Waals surface area contributed by atoms with Crippen LogP contribution in [0.2, 0.25) is 5.02 Å². The zero-order chi connectivity index (χ0) is 12.3. The van der Waals surface area contributed by atoms with E-state index in [-0.39, 0.29) is 5.95 Å². The van der Waals surface area contributed by atoms with Gasteiger partial charge < -0.3 is 16.0 Å². The second kappa shape index (κ2) is 5.51. The third kappa shape index (κ3) is 3.44. The molecule has 1 atom stereocenters. The molecule has 1 aliphatic heterocycles. The third-order valence-electron chi connectivity index (χ3n) is 3.04. The predicted octanol–water partition coefficient (Wildman–Crippen LogP) is 1.47. The molecule has 2 rings (SSSR count). The molecule has 6 heteroatoms. The van der Waals surface area contributed by atoms with Crippen molar-refractivity contribution >= 4 is 23.4 Å². The van der Waals surface area contributed by atoms with Crippen LogP contribution in [0.25, 0.3) is 0 Å². The lowest BCUT2D eigenvalue weighted by atomic mass is 9.98. The standard InChI is InChI=1S/C11H18ClN5/c1-17-4-2-3-8(7-17)5-14-10-9(12)6-15-11(13)16-10/h6,8H,2-5,7H2,1H3,(H3,13,14,15,16). The Morgan fingerprint density at radius 3 is 3.24 bits per heavy atom. The minimum atomic E-state index is 0.248. The van der Waals surface area contributed by atoms with E-state index in [2.05, 4.69) is 27.2 Å². The van der Waals surface area contributed by atoms with Gasteiger partial charge in [-0.3, -0.25) is 0 Å². The number of hydrogen-bond donors (Lipinski definition) is 2. The van der Waals surface area contributed by atoms with Gasteiger partial charge in [0, 0.05) is 13.1 Å². The van der Waals surface area contributed by atoms with Gasteiger partial charge in [0.05, 0.1) is 6.20 Å². The quantitative estimate of drug-likeness (QED) is 0.856. The van der Waals surface area contributed by atoms with Crippen LogP contribution in [0.5, 0.6) is 0 Å². The maximum Gasteiger partial charge on any atom is 0.222 e. The van der Waals surface area contributed by atoms with Gasteiger partial charge in [-0.1, -0.05) is 11.6 Å². The van der Waals surface area contributed by atoms with Crippen molar-refractivity contribution in [3.05, 3.63) is 11.2 Å². The Labute approximate surface area is 106 Å². The van der Waals surface area contributed by atoms with E-state index in [0.717, 1.165) is 13.1 Å². The molecule has 2 heterocycles. The Balaban J connectivity index is 1.90. The fourth-order valence-electron chi connectivity index (χ4n) is 2.19. The molecule has 17 heavy (non-hydrogen) atoms. The lowest BCUT2D eigenvalue weighted by Crippen LogP contribution is -2.35. The summed E-state index contributed by atoms with van der Waals surface area (Å²) in [5.74, 6) is 1.52. The summed E-state index contributed by atoms with van der Waals surface area (Å²) in [6, 6.07) is 0. The summed E-state index contributed by atoms with van der Waals surface area (Å²) in [4.78, 5) is 10.3. The molecule has 0 radical (unpaired) electrons. The minimum absolute atomic E-state index is 0.248. The molecular weight excluding hydrogens is 238 g/mol. The first-order valence-corrected chi connectivity index (χ1v) is 6.23. The average Bonchev–Trinajstić information content (AvgIpc) is 2.30. The summed E-state index contributed by atoms with van der Waals surface area (Å²) in [6.45, 7) is 3.18. The van der Waals surface area contributed by atoms with Crippen LogP contribution >= 0.6 is 11.6 Å². The van der Waals surface area contributed by atoms with Crippen molar-refractivity contribution in [1.29, 1.82) is 0 Å². The number of halogens is 1. The number of nitrogens with one attached hydrogen (secondary N) is 1. The highest BCUT2D eigenvalue weighted by molar-refractivity contribution is 6.32. The fourth-order valence-corrected chi connectivity index (χ4v) is 2.34. The van der Waals surface area contributed by atoms with Crippen LogP contribution < -0.4 is 11.1 Å². The number of likely N-dealkylation sites (tertiary alicyclic amines) is 1. The van der Waals surface area contributed by atoms with E-state index in [0.29, 0.717) is 16.8 Å². The molecule has 0 spiro atoms. The lowest BCUT2D eigenvalue weighted by Gasteiger charge is -2.29. The van der Waals surface area contributed by atoms with Gasteiger partial charge in [0.25, 0.3) is 0 Å². The van der Waals surface area contributed by atoms with E-state index in [4.69, 9.17) is 17.3 Å². The molecule has 5 nitrogen and oxygen atoms in total. The summed E-state index contributed by atoms with van der Waals surface area (Å²) in [5, 5.41) is 3.77. The molecule has 1 unspecified atom stereocenters. The molecule has 3 N–H and O–H groups in total. The smallest absolute Gasteiger partial charge is 0.222 e. The van der Waals surface area contributed by atoms with Gasteiger partial charge in [0.15, 0.2) is 0 Å². The second-order valence-corrected chi connectivity index (χ2v) is 4.98. The highest BCUT2D eigenvalue weighted by Gasteiger charge is 2.17. The Morgan fingerprint density at radius 2 is 2.47 bits per heavy atom. The monoisotopic (exact) mass is 255 g/mol. The van der Waals surface area contributed by atoms with Gasteiger partial charge in [-0.25, -0.2) is 4.98 Å². The van der Waals surface area contributed by atoms with E-state index in [1.165, 1.54) is 25.6 Å². The fraction of sp³-hybridized carbons (Fsp3) is 0.636. The van der Waals surface area contributed by atoms with Gasteiger partial charge >= 0.3 is 0 Å². The number of anilines is 2. The molecule has 0 bridgehead atoms. The van der Waals surface area contributed by atoms with Crippen molar-refractivity contribution in [1.82, 2.24) is 14.9 Å². The minimum Gasteiger partial charge on any atom is -0.368 e. The van der Waals surface area contributed by atoms with E-state index in [9.17, 15) is 0 Å². The number of aromatic nitrogens is 2. The largest absolute Gasteiger partial charge is 0.368 e. The first-order valence-electron chi connectivity index (χ1n) is 5.85. The van der Waals surface area contributed by atoms with Crippen molar-refractivity contribution < 1.29 is 0 Å². The van der Waals surface area contributed by atoms with E-state index >= 15 is 0 Å². The number of nitrogens with zero attached hydrogens (tertiary/aromatic N) is 3. The molecule has 1 fully saturated rings. The topological polar surface area (TPSA) is 67.1 Å². The zero-order valence-electron chi connectivity index (χ0n) is 9.99. The summed E-state index contributed by atoms with van der Waals surface area (Å²) >= 11 is 5.99. The third-order valence-corrected chi connectivity index (χ3v) is 3.32. The first kappa shape index (κ1) is 12.4. The van der Waals surface area contributed by atoms with Crippen LogP contribution in [0.15, 0.2) is 6.20 Å². The first-order chi connectivity index (χ1) is 8.15. The van der Waals surface area contributed by atoms with Crippen LogP contribution in [0.3, 0.4) is 0 Å². The molecule has 1 aromatic rings. The molecule has 0 aliphatic carbocycles. The van der Waals surface area contributed by atoms with Crippen LogP contribution in [0, 0.1) is 5.92 Å². The van der Waals surface area contributed by atoms with Crippen molar-refractivity contribution in [3.63, 3.8) is 0 Å². The predicted molar refractivity (Wildman–Crippen MR) is 70.2 cm³/mol. The van der Waals surface area contributed by atoms with E-state index in [1.807, 2.05) is 0 Å². The number of nitrogen functional groups attached to an aromatic ring is 1. The van der Waals surface area contributed by atoms with Gasteiger partial charge in [0.1, 0.15) is 10.8 Å². The summed E-state index contributed by atoms with van der Waals surface area (Å²) in [7, 11) is 2.15. The highest BCUT2D eigenvalue weighted by atomic mass is 35.5. The summed E-state index contributed by atoms with van der Waals surface area (Å²) in [6.07, 6.45) is 4.03. The van der Waals surface area contributed by atoms with Crippen LogP contribution in [0.1, 0.15) is 12.8 Å². The normalized spacial score (nSPS) is 21.4. The molecule has 1 aromatic heterocycles. The lowest BCUT2D eigenvalue weighted by molar-refractivity contribution is 0.217. The van der Waals surface area contributed by atoms with Crippen LogP contribution in [-0.2, 0) is 0 Å². The van der Waals surface area contributed by atoms with Crippen LogP contribution in [0.4, 0.5) is 11.8 Å². The highest BCUT2D eigenvalue weighted by Crippen LogP contribution is 2.20. The van der Waals surface area contributed by atoms with Crippen molar-refractivity contribution in [2.24, 2.45) is 5.92 Å². The molecule has 0 aromatic carbocycles. The van der Waals surface area contributed by atoms with Gasteiger partial charge in [-0.15, -0.1) is 0 Å². The van der Waals surface area contributed by atoms with Gasteiger partial charge in [-0.2, -0.15) is 4.98 Å². The number of rotatable bonds is 3. The second-order valence-electron chi connectivity index (χ2n) is 4.58. The van der Waals surface area contributed by atoms with E-state index in [1.54, 1.807) is 0 Å². The van der Waals surface area contributed by atoms with Crippen molar-refractivity contribution in [3.8, 4) is 0 Å². The summed E-state index contributed by atoms with van der Waals surface area (Å²) < 4.78 is 0. The van der Waals surface area contributed by atoms with E-state index < -0.39 is 0 Å². The molecule has 0 saturated carbocycles. The van der Waals surface area contributed by atoms with Crippen molar-refractivity contribution in [2.45, 2.75) is 12.8 Å². The summed E-state index contributed by atoms with van der Waals surface area (Å²) in [5.41, 5.74) is 5.53. The Bertz CT molecular complexity index is 384. The number of piperidine rings is 1. The van der Waals surface area contributed by atoms with Gasteiger partial charge in [-0.05, 0) is 32.4 Å². The molecule has 1 aliphatic rings. The Morgan fingerprint density at radius 1 is 1.65 bits per heavy atom. The molecule has 1 saturated heterocycles. The molecule has 0 amide bonds. The Kier molecular flexibility index (Phi) is 4.02. The number of nitrogens with two attached hydrogens (primary N) is 1.